The van der Waals surface area contributed by atoms with Crippen molar-refractivity contribution in [2.24, 2.45) is 0 Å². The minimum absolute atomic E-state index is 0.896. The van der Waals surface area contributed by atoms with Gasteiger partial charge >= 0.3 is 0 Å². The van der Waals surface area contributed by atoms with Crippen molar-refractivity contribution in [3.05, 3.63) is 158 Å². The monoisotopic (exact) mass is 574 g/mol. The number of fused-ring (bicyclic) bond motifs is 12. The number of hydrogen-bond acceptors (Lipinski definition) is 1. The summed E-state index contributed by atoms with van der Waals surface area (Å²) in [7, 11) is 0. The highest BCUT2D eigenvalue weighted by Crippen LogP contribution is 2.49. The van der Waals surface area contributed by atoms with Crippen LogP contribution < -0.4 is 0 Å². The fraction of sp³-hybridized carbons (Fsp3) is 0. The van der Waals surface area contributed by atoms with Crippen molar-refractivity contribution < 1.29 is 4.42 Å². The molecule has 3 aromatic heterocycles. The molecule has 0 atom stereocenters. The highest BCUT2D eigenvalue weighted by Gasteiger charge is 2.28. The number of rotatable bonds is 3. The summed E-state index contributed by atoms with van der Waals surface area (Å²) in [5.41, 5.74) is 11.1. The summed E-state index contributed by atoms with van der Waals surface area (Å²) in [5, 5.41) is 7.10. The molecule has 0 spiro atoms. The van der Waals surface area contributed by atoms with Crippen molar-refractivity contribution in [1.82, 2.24) is 9.13 Å². The van der Waals surface area contributed by atoms with Gasteiger partial charge in [0.15, 0.2) is 5.58 Å². The van der Waals surface area contributed by atoms with E-state index >= 15 is 0 Å². The third-order valence-corrected chi connectivity index (χ3v) is 9.29. The molecule has 3 nitrogen and oxygen atoms in total. The van der Waals surface area contributed by atoms with Crippen molar-refractivity contribution in [2.75, 3.05) is 0 Å². The minimum atomic E-state index is 0.896. The molecule has 45 heavy (non-hydrogen) atoms. The highest BCUT2D eigenvalue weighted by molar-refractivity contribution is 6.39. The Morgan fingerprint density at radius 1 is 0.400 bits per heavy atom. The maximum Gasteiger partial charge on any atom is 0.160 e. The van der Waals surface area contributed by atoms with Gasteiger partial charge in [-0.05, 0) is 42.0 Å². The van der Waals surface area contributed by atoms with Crippen LogP contribution >= 0.6 is 0 Å². The zero-order valence-electron chi connectivity index (χ0n) is 24.3. The number of furan rings is 1. The fourth-order valence-corrected chi connectivity index (χ4v) is 7.51. The van der Waals surface area contributed by atoms with Gasteiger partial charge in [-0.15, -0.1) is 0 Å². The van der Waals surface area contributed by atoms with Crippen molar-refractivity contribution >= 4 is 65.6 Å². The Balaban J connectivity index is 1.55. The van der Waals surface area contributed by atoms with E-state index in [1.54, 1.807) is 0 Å². The van der Waals surface area contributed by atoms with E-state index in [9.17, 15) is 0 Å². The number of benzene rings is 7. The van der Waals surface area contributed by atoms with E-state index in [0.717, 1.165) is 44.3 Å². The first kappa shape index (κ1) is 24.4. The zero-order valence-corrected chi connectivity index (χ0v) is 24.3. The highest BCUT2D eigenvalue weighted by atomic mass is 16.3. The molecule has 0 fully saturated rings. The number of aromatic nitrogens is 2. The van der Waals surface area contributed by atoms with Gasteiger partial charge in [0, 0.05) is 43.6 Å². The molecule has 0 radical (unpaired) electrons. The Bertz CT molecular complexity index is 2740. The van der Waals surface area contributed by atoms with E-state index in [2.05, 4.69) is 167 Å². The van der Waals surface area contributed by atoms with Crippen LogP contribution in [0.25, 0.3) is 88.1 Å². The summed E-state index contributed by atoms with van der Waals surface area (Å²) in [6.07, 6.45) is 0. The summed E-state index contributed by atoms with van der Waals surface area (Å²) in [4.78, 5) is 0. The lowest BCUT2D eigenvalue weighted by Crippen LogP contribution is -1.98. The molecule has 0 unspecified atom stereocenters. The van der Waals surface area contributed by atoms with E-state index in [1.165, 1.54) is 43.7 Å². The van der Waals surface area contributed by atoms with Crippen LogP contribution in [0.3, 0.4) is 0 Å². The van der Waals surface area contributed by atoms with Crippen LogP contribution in [0.1, 0.15) is 0 Å². The third-order valence-electron chi connectivity index (χ3n) is 9.29. The summed E-state index contributed by atoms with van der Waals surface area (Å²) in [6.45, 7) is 0. The summed E-state index contributed by atoms with van der Waals surface area (Å²) in [6, 6.07) is 56.2. The summed E-state index contributed by atoms with van der Waals surface area (Å²) < 4.78 is 11.8. The standard InChI is InChI=1S/C42H26N2O/c1-3-15-27(16-4-1)29-19-7-11-23-33(29)44-35-25-13-8-20-30(35)37-38-32-22-10-14-26-36(32)45-42(38)41-39(40(37)44)31-21-9-12-24-34(31)43(41)28-17-5-2-6-18-28/h1-26H. The average Bonchev–Trinajstić information content (AvgIpc) is 3.77. The minimum Gasteiger partial charge on any atom is -0.454 e. The zero-order chi connectivity index (χ0) is 29.5. The lowest BCUT2D eigenvalue weighted by Gasteiger charge is -2.15. The maximum absolute atomic E-state index is 6.89. The Morgan fingerprint density at radius 3 is 1.76 bits per heavy atom. The van der Waals surface area contributed by atoms with Crippen LogP contribution in [0, 0.1) is 0 Å². The molecular formula is C42H26N2O. The first-order valence-corrected chi connectivity index (χ1v) is 15.4. The van der Waals surface area contributed by atoms with Gasteiger partial charge in [-0.25, -0.2) is 0 Å². The Kier molecular flexibility index (Phi) is 5.00. The lowest BCUT2D eigenvalue weighted by molar-refractivity contribution is 0.671. The first-order valence-electron chi connectivity index (χ1n) is 15.4. The summed E-state index contributed by atoms with van der Waals surface area (Å²) in [5.74, 6) is 0. The SMILES string of the molecule is c1ccc(-c2ccccc2-n2c3ccccc3c3c4c5ccccc5oc4c4c(c5ccccc5n4-c4ccccc4)c32)cc1. The second-order valence-electron chi connectivity index (χ2n) is 11.7. The van der Waals surface area contributed by atoms with Crippen LogP contribution in [0.2, 0.25) is 0 Å². The largest absolute Gasteiger partial charge is 0.454 e. The van der Waals surface area contributed by atoms with E-state index in [1.807, 2.05) is 0 Å². The molecule has 0 amide bonds. The van der Waals surface area contributed by atoms with Gasteiger partial charge in [0.25, 0.3) is 0 Å². The van der Waals surface area contributed by atoms with E-state index < -0.39 is 0 Å². The Hall–Kier alpha value is -6.06. The molecule has 3 heterocycles. The molecular weight excluding hydrogens is 548 g/mol. The second kappa shape index (κ2) is 9.22. The molecule has 3 heteroatoms. The van der Waals surface area contributed by atoms with Gasteiger partial charge in [0.05, 0.1) is 27.8 Å². The Labute approximate surface area is 258 Å². The van der Waals surface area contributed by atoms with Gasteiger partial charge in [0.2, 0.25) is 0 Å². The predicted octanol–water partition coefficient (Wildman–Crippen LogP) is 11.4. The number of hydrogen-bond donors (Lipinski definition) is 0. The van der Waals surface area contributed by atoms with Crippen molar-refractivity contribution in [1.29, 1.82) is 0 Å². The second-order valence-corrected chi connectivity index (χ2v) is 11.7. The molecule has 10 rings (SSSR count). The lowest BCUT2D eigenvalue weighted by atomic mass is 10.0. The smallest absolute Gasteiger partial charge is 0.160 e. The fourth-order valence-electron chi connectivity index (χ4n) is 7.51. The maximum atomic E-state index is 6.89. The van der Waals surface area contributed by atoms with Crippen molar-refractivity contribution in [2.45, 2.75) is 0 Å². The molecule has 10 aromatic rings. The van der Waals surface area contributed by atoms with Gasteiger partial charge in [0.1, 0.15) is 5.58 Å². The quantitative estimate of drug-likeness (QED) is 0.206. The first-order chi connectivity index (χ1) is 22.4. The Morgan fingerprint density at radius 2 is 0.978 bits per heavy atom. The third kappa shape index (κ3) is 3.30. The van der Waals surface area contributed by atoms with Crippen LogP contribution in [-0.4, -0.2) is 9.13 Å². The van der Waals surface area contributed by atoms with Crippen molar-refractivity contribution in [3.8, 4) is 22.5 Å². The normalized spacial score (nSPS) is 12.0. The van der Waals surface area contributed by atoms with Gasteiger partial charge in [-0.2, -0.15) is 0 Å². The molecule has 0 aliphatic heterocycles. The molecule has 210 valence electrons. The van der Waals surface area contributed by atoms with Gasteiger partial charge < -0.3 is 13.6 Å². The summed E-state index contributed by atoms with van der Waals surface area (Å²) >= 11 is 0. The topological polar surface area (TPSA) is 23.0 Å². The van der Waals surface area contributed by atoms with Crippen molar-refractivity contribution in [3.63, 3.8) is 0 Å². The average molecular weight is 575 g/mol. The number of nitrogens with zero attached hydrogens (tertiary/aromatic N) is 2. The van der Waals surface area contributed by atoms with Crippen LogP contribution in [-0.2, 0) is 0 Å². The molecule has 0 saturated heterocycles. The van der Waals surface area contributed by atoms with Crippen LogP contribution in [0.4, 0.5) is 0 Å². The van der Waals surface area contributed by atoms with Crippen LogP contribution in [0.15, 0.2) is 162 Å². The van der Waals surface area contributed by atoms with E-state index in [0.29, 0.717) is 0 Å². The molecule has 0 saturated carbocycles. The molecule has 0 aliphatic carbocycles. The predicted molar refractivity (Wildman–Crippen MR) is 188 cm³/mol. The van der Waals surface area contributed by atoms with Gasteiger partial charge in [-0.1, -0.05) is 121 Å². The van der Waals surface area contributed by atoms with Crippen LogP contribution in [0.5, 0.6) is 0 Å². The molecule has 0 bridgehead atoms. The molecule has 0 N–H and O–H groups in total. The number of para-hydroxylation sites is 5. The van der Waals surface area contributed by atoms with E-state index in [4.69, 9.17) is 4.42 Å². The van der Waals surface area contributed by atoms with E-state index in [-0.39, 0.29) is 0 Å². The molecule has 7 aromatic carbocycles. The molecule has 0 aliphatic rings. The van der Waals surface area contributed by atoms with Gasteiger partial charge in [-0.3, -0.25) is 0 Å².